The highest BCUT2D eigenvalue weighted by Gasteiger charge is 2.31. The number of alkyl halides is 3. The Hall–Kier alpha value is -3.91. The highest BCUT2D eigenvalue weighted by molar-refractivity contribution is 5.77. The predicted octanol–water partition coefficient (Wildman–Crippen LogP) is 7.72. The Balaban J connectivity index is 1.63. The summed E-state index contributed by atoms with van der Waals surface area (Å²) in [4.78, 5) is 10.0. The van der Waals surface area contributed by atoms with E-state index in [0.717, 1.165) is 52.0 Å². The highest BCUT2D eigenvalue weighted by atomic mass is 19.4. The van der Waals surface area contributed by atoms with Crippen LogP contribution in [0.1, 0.15) is 37.0 Å². The fraction of sp³-hybridized carbons (Fsp3) is 0.312. The van der Waals surface area contributed by atoms with Gasteiger partial charge in [-0.3, -0.25) is 10.3 Å². The number of hydrogen-bond donors (Lipinski definition) is 1. The van der Waals surface area contributed by atoms with Crippen molar-refractivity contribution < 1.29 is 22.7 Å². The number of ether oxygens (including phenoxy) is 1. The summed E-state index contributed by atoms with van der Waals surface area (Å²) < 4.78 is 45.9. The standard InChI is InChI=1S/C32H36F3N3O2/c1-6-9-28(21-40-36-27-16-22(2)17-29(19-27)39-5)38-20-25(14-13-23(38)3)30-12-8-15-37(4)31(30)24-10-7-11-26(18-24)32(33,34)35/h7-14,16-20,23,36H,6,15,21H2,1-5H3/b28-9-. The van der Waals surface area contributed by atoms with Gasteiger partial charge in [0.05, 0.1) is 24.1 Å². The average molecular weight is 552 g/mol. The Bertz CT molecular complexity index is 1370. The topological polar surface area (TPSA) is 37.0 Å². The second-order valence-corrected chi connectivity index (χ2v) is 9.95. The molecule has 0 bridgehead atoms. The lowest BCUT2D eigenvalue weighted by molar-refractivity contribution is -0.137. The van der Waals surface area contributed by atoms with Crippen LogP contribution in [-0.2, 0) is 11.0 Å². The molecule has 212 valence electrons. The van der Waals surface area contributed by atoms with Crippen LogP contribution in [0, 0.1) is 6.92 Å². The first kappa shape index (κ1) is 29.1. The molecule has 2 aliphatic rings. The molecular weight excluding hydrogens is 515 g/mol. The van der Waals surface area contributed by atoms with Crippen molar-refractivity contribution in [2.75, 3.05) is 32.8 Å². The quantitative estimate of drug-likeness (QED) is 0.323. The smallest absolute Gasteiger partial charge is 0.416 e. The van der Waals surface area contributed by atoms with Gasteiger partial charge in [0.15, 0.2) is 0 Å². The zero-order valence-corrected chi connectivity index (χ0v) is 23.5. The third kappa shape index (κ3) is 6.80. The zero-order valence-electron chi connectivity index (χ0n) is 23.5. The Labute approximate surface area is 234 Å². The Morgan fingerprint density at radius 2 is 1.95 bits per heavy atom. The van der Waals surface area contributed by atoms with Gasteiger partial charge < -0.3 is 14.5 Å². The lowest BCUT2D eigenvalue weighted by Gasteiger charge is -2.34. The van der Waals surface area contributed by atoms with E-state index in [1.807, 2.05) is 55.3 Å². The highest BCUT2D eigenvalue weighted by Crippen LogP contribution is 2.36. The molecule has 0 radical (unpaired) electrons. The van der Waals surface area contributed by atoms with Gasteiger partial charge in [-0.15, -0.1) is 0 Å². The number of likely N-dealkylation sites (N-methyl/N-ethyl adjacent to an activating group) is 1. The Morgan fingerprint density at radius 1 is 1.15 bits per heavy atom. The summed E-state index contributed by atoms with van der Waals surface area (Å²) in [5.74, 6) is 0.744. The molecule has 2 aromatic carbocycles. The zero-order chi connectivity index (χ0) is 28.9. The maximum Gasteiger partial charge on any atom is 0.416 e. The average Bonchev–Trinajstić information content (AvgIpc) is 2.92. The number of rotatable bonds is 9. The number of nitrogens with zero attached hydrogens (tertiary/aromatic N) is 2. The van der Waals surface area contributed by atoms with Gasteiger partial charge in [0.2, 0.25) is 0 Å². The van der Waals surface area contributed by atoms with E-state index < -0.39 is 11.7 Å². The maximum absolute atomic E-state index is 13.5. The van der Waals surface area contributed by atoms with Crippen LogP contribution in [0.25, 0.3) is 5.70 Å². The van der Waals surface area contributed by atoms with Gasteiger partial charge in [0, 0.05) is 43.2 Å². The van der Waals surface area contributed by atoms with Crippen LogP contribution in [0.3, 0.4) is 0 Å². The minimum atomic E-state index is -4.41. The number of benzene rings is 2. The van der Waals surface area contributed by atoms with Crippen molar-refractivity contribution in [1.29, 1.82) is 0 Å². The van der Waals surface area contributed by atoms with Crippen molar-refractivity contribution in [3.8, 4) is 5.75 Å². The molecule has 0 amide bonds. The van der Waals surface area contributed by atoms with E-state index in [1.54, 1.807) is 13.2 Å². The second kappa shape index (κ2) is 12.5. The van der Waals surface area contributed by atoms with E-state index >= 15 is 0 Å². The Morgan fingerprint density at radius 3 is 2.67 bits per heavy atom. The molecule has 0 saturated heterocycles. The van der Waals surface area contributed by atoms with Gasteiger partial charge in [-0.05, 0) is 61.2 Å². The third-order valence-electron chi connectivity index (χ3n) is 6.81. The fourth-order valence-corrected chi connectivity index (χ4v) is 4.90. The van der Waals surface area contributed by atoms with E-state index in [9.17, 15) is 13.2 Å². The number of aryl methyl sites for hydroxylation is 1. The molecule has 0 aromatic heterocycles. The first-order chi connectivity index (χ1) is 19.1. The molecule has 8 heteroatoms. The van der Waals surface area contributed by atoms with Crippen LogP contribution < -0.4 is 10.2 Å². The molecule has 0 aliphatic carbocycles. The fourth-order valence-electron chi connectivity index (χ4n) is 4.90. The summed E-state index contributed by atoms with van der Waals surface area (Å²) >= 11 is 0. The molecule has 2 aromatic rings. The minimum Gasteiger partial charge on any atom is -0.497 e. The summed E-state index contributed by atoms with van der Waals surface area (Å²) in [7, 11) is 3.53. The predicted molar refractivity (Wildman–Crippen MR) is 154 cm³/mol. The SMILES string of the molecule is CC/C=C(/CONc1cc(C)cc(OC)c1)N1C=C(C2=C(c3cccc(C(F)(F)F)c3)N(C)CC=C2)C=CC1C. The van der Waals surface area contributed by atoms with Crippen molar-refractivity contribution in [1.82, 2.24) is 9.80 Å². The maximum atomic E-state index is 13.5. The van der Waals surface area contributed by atoms with Gasteiger partial charge in [0.1, 0.15) is 12.4 Å². The monoisotopic (exact) mass is 551 g/mol. The molecular formula is C32H36F3N3O2. The Kier molecular flexibility index (Phi) is 9.10. The molecule has 1 atom stereocenters. The van der Waals surface area contributed by atoms with Crippen LogP contribution >= 0.6 is 0 Å². The van der Waals surface area contributed by atoms with Crippen LogP contribution in [0.4, 0.5) is 18.9 Å². The number of halogens is 3. The van der Waals surface area contributed by atoms with Crippen molar-refractivity contribution in [3.63, 3.8) is 0 Å². The number of hydrogen-bond acceptors (Lipinski definition) is 5. The first-order valence-corrected chi connectivity index (χ1v) is 13.3. The van der Waals surface area contributed by atoms with E-state index in [4.69, 9.17) is 9.57 Å². The summed E-state index contributed by atoms with van der Waals surface area (Å²) in [6.45, 7) is 7.07. The molecule has 1 unspecified atom stereocenters. The summed E-state index contributed by atoms with van der Waals surface area (Å²) in [5, 5.41) is 0. The normalized spacial score (nSPS) is 17.9. The molecule has 4 rings (SSSR count). The molecule has 1 N–H and O–H groups in total. The lowest BCUT2D eigenvalue weighted by Crippen LogP contribution is -2.31. The van der Waals surface area contributed by atoms with Crippen molar-refractivity contribution in [2.24, 2.45) is 0 Å². The summed E-state index contributed by atoms with van der Waals surface area (Å²) in [5.41, 5.74) is 8.23. The molecule has 2 heterocycles. The van der Waals surface area contributed by atoms with Gasteiger partial charge in [-0.1, -0.05) is 49.4 Å². The van der Waals surface area contributed by atoms with E-state index in [1.165, 1.54) is 12.1 Å². The van der Waals surface area contributed by atoms with E-state index in [0.29, 0.717) is 18.7 Å². The molecule has 0 fully saturated rings. The number of anilines is 1. The number of methoxy groups -OCH3 is 1. The van der Waals surface area contributed by atoms with Gasteiger partial charge in [-0.25, -0.2) is 0 Å². The van der Waals surface area contributed by atoms with E-state index in [2.05, 4.69) is 42.6 Å². The largest absolute Gasteiger partial charge is 0.497 e. The minimum absolute atomic E-state index is 0.0621. The molecule has 5 nitrogen and oxygen atoms in total. The van der Waals surface area contributed by atoms with Gasteiger partial charge in [-0.2, -0.15) is 13.2 Å². The van der Waals surface area contributed by atoms with Crippen LogP contribution in [-0.4, -0.2) is 43.2 Å². The van der Waals surface area contributed by atoms with Crippen molar-refractivity contribution in [2.45, 2.75) is 39.4 Å². The van der Waals surface area contributed by atoms with Gasteiger partial charge in [0.25, 0.3) is 0 Å². The van der Waals surface area contributed by atoms with Crippen LogP contribution in [0.15, 0.2) is 95.9 Å². The van der Waals surface area contributed by atoms with Crippen LogP contribution in [0.2, 0.25) is 0 Å². The lowest BCUT2D eigenvalue weighted by atomic mass is 9.93. The summed E-state index contributed by atoms with van der Waals surface area (Å²) in [6, 6.07) is 11.4. The van der Waals surface area contributed by atoms with Crippen LogP contribution in [0.5, 0.6) is 5.75 Å². The van der Waals surface area contributed by atoms with Crippen molar-refractivity contribution >= 4 is 11.4 Å². The molecule has 0 spiro atoms. The number of nitrogens with one attached hydrogen (secondary N) is 1. The number of allylic oxidation sites excluding steroid dienone is 5. The molecule has 2 aliphatic heterocycles. The molecule has 0 saturated carbocycles. The molecule has 40 heavy (non-hydrogen) atoms. The van der Waals surface area contributed by atoms with Gasteiger partial charge >= 0.3 is 6.18 Å². The first-order valence-electron chi connectivity index (χ1n) is 13.3. The van der Waals surface area contributed by atoms with Crippen molar-refractivity contribution in [3.05, 3.63) is 113 Å². The third-order valence-corrected chi connectivity index (χ3v) is 6.81. The second-order valence-electron chi connectivity index (χ2n) is 9.95. The summed E-state index contributed by atoms with van der Waals surface area (Å²) in [6.07, 6.45) is 8.72. The van der Waals surface area contributed by atoms with E-state index in [-0.39, 0.29) is 6.04 Å².